The summed E-state index contributed by atoms with van der Waals surface area (Å²) in [6.45, 7) is 2.72. The van der Waals surface area contributed by atoms with Gasteiger partial charge in [-0.1, -0.05) is 24.3 Å². The van der Waals surface area contributed by atoms with Gasteiger partial charge in [0.15, 0.2) is 0 Å². The van der Waals surface area contributed by atoms with Gasteiger partial charge in [-0.2, -0.15) is 4.37 Å². The first-order chi connectivity index (χ1) is 14.9. The summed E-state index contributed by atoms with van der Waals surface area (Å²) in [5.74, 6) is -0.00561. The molecular formula is C21H21N5O3S2. The summed E-state index contributed by atoms with van der Waals surface area (Å²) < 4.78 is 33.5. The van der Waals surface area contributed by atoms with Gasteiger partial charge in [0.2, 0.25) is 11.0 Å². The molecule has 0 saturated heterocycles. The third-order valence-electron chi connectivity index (χ3n) is 5.51. The summed E-state index contributed by atoms with van der Waals surface area (Å²) in [7, 11) is -3.77. The molecule has 0 aliphatic carbocycles. The van der Waals surface area contributed by atoms with Crippen LogP contribution < -0.4 is 4.72 Å². The predicted octanol–water partition coefficient (Wildman–Crippen LogP) is 3.64. The largest absolute Gasteiger partial charge is 0.335 e. The van der Waals surface area contributed by atoms with Crippen molar-refractivity contribution in [2.45, 2.75) is 31.0 Å². The molecule has 31 heavy (non-hydrogen) atoms. The second kappa shape index (κ2) is 7.47. The molecule has 1 amide bonds. The predicted molar refractivity (Wildman–Crippen MR) is 120 cm³/mol. The number of rotatable bonds is 5. The minimum Gasteiger partial charge on any atom is -0.335 e. The lowest BCUT2D eigenvalue weighted by molar-refractivity contribution is -0.134. The summed E-state index contributed by atoms with van der Waals surface area (Å²) in [5.41, 5.74) is 2.79. The number of carbonyl (C=O) groups excluding carboxylic acids is 1. The Hall–Kier alpha value is -3.24. The average Bonchev–Trinajstić information content (AvgIpc) is 3.50. The third-order valence-corrected chi connectivity index (χ3v) is 7.56. The number of benzene rings is 2. The van der Waals surface area contributed by atoms with Gasteiger partial charge < -0.3 is 9.47 Å². The van der Waals surface area contributed by atoms with Crippen LogP contribution in [0.15, 0.2) is 66.0 Å². The Kier molecular flexibility index (Phi) is 4.75. The number of hydrogen-bond donors (Lipinski definition) is 1. The number of para-hydroxylation sites is 1. The third kappa shape index (κ3) is 3.57. The Morgan fingerprint density at radius 2 is 1.97 bits per heavy atom. The molecule has 3 heterocycles. The molecule has 0 saturated carbocycles. The molecule has 0 spiro atoms. The molecule has 160 valence electrons. The molecule has 5 rings (SSSR count). The number of hydrogen-bond acceptors (Lipinski definition) is 6. The maximum absolute atomic E-state index is 13.2. The van der Waals surface area contributed by atoms with Crippen molar-refractivity contribution in [3.05, 3.63) is 72.2 Å². The van der Waals surface area contributed by atoms with Crippen LogP contribution in [0.3, 0.4) is 0 Å². The molecule has 10 heteroatoms. The van der Waals surface area contributed by atoms with Crippen molar-refractivity contribution in [2.75, 3.05) is 4.72 Å². The van der Waals surface area contributed by atoms with Gasteiger partial charge in [-0.15, -0.1) is 0 Å². The minimum atomic E-state index is -3.77. The number of amides is 1. The van der Waals surface area contributed by atoms with E-state index in [4.69, 9.17) is 0 Å². The first-order valence-electron chi connectivity index (χ1n) is 9.68. The molecule has 2 aromatic heterocycles. The summed E-state index contributed by atoms with van der Waals surface area (Å²) in [4.78, 5) is 19.0. The molecule has 1 N–H and O–H groups in total. The number of nitrogens with one attached hydrogen (secondary N) is 1. The fourth-order valence-corrected chi connectivity index (χ4v) is 5.62. The molecule has 2 aromatic carbocycles. The Bertz CT molecular complexity index is 1390. The summed E-state index contributed by atoms with van der Waals surface area (Å²) >= 11 is 0.970. The zero-order chi connectivity index (χ0) is 21.6. The van der Waals surface area contributed by atoms with E-state index in [9.17, 15) is 13.2 Å². The number of carbonyl (C=O) groups is 1. The lowest BCUT2D eigenvalue weighted by atomic mass is 10.1. The maximum atomic E-state index is 13.2. The molecule has 4 aromatic rings. The van der Waals surface area contributed by atoms with Crippen molar-refractivity contribution >= 4 is 43.5 Å². The lowest BCUT2D eigenvalue weighted by Crippen LogP contribution is -2.32. The van der Waals surface area contributed by atoms with Crippen molar-refractivity contribution < 1.29 is 14.6 Å². The highest BCUT2D eigenvalue weighted by atomic mass is 32.2. The van der Waals surface area contributed by atoms with Crippen molar-refractivity contribution in [3.8, 4) is 0 Å². The average molecular weight is 456 g/mol. The van der Waals surface area contributed by atoms with Gasteiger partial charge in [-0.25, -0.2) is 13.4 Å². The summed E-state index contributed by atoms with van der Waals surface area (Å²) in [6.07, 6.45) is 3.23. The Labute approximate surface area is 184 Å². The fourth-order valence-electron chi connectivity index (χ4n) is 3.91. The van der Waals surface area contributed by atoms with Crippen LogP contribution in [-0.4, -0.2) is 33.1 Å². The molecule has 0 radical (unpaired) electrons. The second-order valence-corrected chi connectivity index (χ2v) is 9.90. The van der Waals surface area contributed by atoms with Crippen LogP contribution in [0.25, 0.3) is 10.9 Å². The van der Waals surface area contributed by atoms with E-state index in [-0.39, 0.29) is 23.4 Å². The van der Waals surface area contributed by atoms with Crippen LogP contribution >= 0.6 is 11.5 Å². The van der Waals surface area contributed by atoms with Gasteiger partial charge >= 0.3 is 0 Å². The van der Waals surface area contributed by atoms with Crippen molar-refractivity contribution in [1.29, 1.82) is 0 Å². The topological polar surface area (TPSA) is 97.2 Å². The molecular weight excluding hydrogens is 434 g/mol. The van der Waals surface area contributed by atoms with E-state index in [1.807, 2.05) is 48.0 Å². The second-order valence-electron chi connectivity index (χ2n) is 7.43. The van der Waals surface area contributed by atoms with Crippen LogP contribution in [0.4, 0.5) is 5.13 Å². The summed E-state index contributed by atoms with van der Waals surface area (Å²) in [6, 6.07) is 14.5. The van der Waals surface area contributed by atoms with Crippen LogP contribution in [0.1, 0.15) is 25.5 Å². The molecule has 0 bridgehead atoms. The van der Waals surface area contributed by atoms with Crippen molar-refractivity contribution in [1.82, 2.24) is 18.8 Å². The van der Waals surface area contributed by atoms with Crippen LogP contribution in [0.5, 0.6) is 0 Å². The first-order valence-corrected chi connectivity index (χ1v) is 11.9. The highest BCUT2D eigenvalue weighted by Gasteiger charge is 2.29. The Morgan fingerprint density at radius 1 is 1.16 bits per heavy atom. The van der Waals surface area contributed by atoms with E-state index < -0.39 is 10.0 Å². The number of sulfonamides is 1. The Morgan fingerprint density at radius 3 is 2.77 bits per heavy atom. The normalized spacial score (nSPS) is 14.5. The smallest absolute Gasteiger partial charge is 0.263 e. The van der Waals surface area contributed by atoms with Gasteiger partial charge in [0.05, 0.1) is 4.90 Å². The van der Waals surface area contributed by atoms with E-state index in [1.54, 1.807) is 23.1 Å². The molecule has 0 unspecified atom stereocenters. The van der Waals surface area contributed by atoms with E-state index in [0.717, 1.165) is 33.6 Å². The quantitative estimate of drug-likeness (QED) is 0.495. The van der Waals surface area contributed by atoms with E-state index >= 15 is 0 Å². The SMILES string of the molecule is C[C@@H](C(=O)N1Cc2ccc(S(=O)(=O)Nc3ncns3)cc2C1)n1ccc2ccccc21.[HH]. The van der Waals surface area contributed by atoms with Crippen LogP contribution in [0.2, 0.25) is 0 Å². The molecule has 1 atom stereocenters. The van der Waals surface area contributed by atoms with Gasteiger partial charge in [0.25, 0.3) is 10.0 Å². The molecule has 1 aliphatic heterocycles. The number of fused-ring (bicyclic) bond motifs is 2. The van der Waals surface area contributed by atoms with Crippen LogP contribution in [0, 0.1) is 0 Å². The zero-order valence-electron chi connectivity index (χ0n) is 16.6. The van der Waals surface area contributed by atoms with Crippen molar-refractivity contribution in [2.24, 2.45) is 0 Å². The maximum Gasteiger partial charge on any atom is 0.263 e. The van der Waals surface area contributed by atoms with Gasteiger partial charge in [-0.3, -0.25) is 9.52 Å². The van der Waals surface area contributed by atoms with Gasteiger partial charge in [-0.05, 0) is 47.7 Å². The highest BCUT2D eigenvalue weighted by molar-refractivity contribution is 7.93. The fraction of sp³-hybridized carbons (Fsp3) is 0.190. The Balaban J connectivity index is 0.00000245. The molecule has 0 fully saturated rings. The monoisotopic (exact) mass is 455 g/mol. The van der Waals surface area contributed by atoms with Gasteiger partial charge in [0.1, 0.15) is 12.4 Å². The number of anilines is 1. The van der Waals surface area contributed by atoms with E-state index in [0.29, 0.717) is 13.1 Å². The zero-order valence-corrected chi connectivity index (χ0v) is 18.2. The minimum absolute atomic E-state index is 0. The molecule has 1 aliphatic rings. The van der Waals surface area contributed by atoms with Gasteiger partial charge in [0, 0.05) is 37.8 Å². The number of aromatic nitrogens is 3. The number of nitrogens with zero attached hydrogens (tertiary/aromatic N) is 4. The highest BCUT2D eigenvalue weighted by Crippen LogP contribution is 2.29. The lowest BCUT2D eigenvalue weighted by Gasteiger charge is -2.22. The van der Waals surface area contributed by atoms with E-state index in [1.165, 1.54) is 6.33 Å². The molecule has 8 nitrogen and oxygen atoms in total. The van der Waals surface area contributed by atoms with Crippen LogP contribution in [-0.2, 0) is 27.9 Å². The first kappa shape index (κ1) is 19.7. The summed E-state index contributed by atoms with van der Waals surface area (Å²) in [5, 5.41) is 1.30. The standard InChI is InChI=1S/C21H19N5O3S2.H2/c1-14(26-9-8-15-4-2-3-5-19(15)26)20(27)25-11-16-6-7-18(10-17(16)12-25)31(28,29)24-21-22-13-23-30-21;/h2-10,13-14H,11-12H2,1H3,(H,22,23,24);1H/t14-;/m0./s1. The van der Waals surface area contributed by atoms with E-state index in [2.05, 4.69) is 14.1 Å². The van der Waals surface area contributed by atoms with Crippen molar-refractivity contribution in [3.63, 3.8) is 0 Å².